The lowest BCUT2D eigenvalue weighted by Gasteiger charge is -2.25. The summed E-state index contributed by atoms with van der Waals surface area (Å²) in [6.07, 6.45) is 3.27. The van der Waals surface area contributed by atoms with E-state index in [9.17, 15) is 4.79 Å². The predicted molar refractivity (Wildman–Crippen MR) is 100 cm³/mol. The van der Waals surface area contributed by atoms with E-state index in [1.54, 1.807) is 18.2 Å². The van der Waals surface area contributed by atoms with Crippen molar-refractivity contribution in [3.63, 3.8) is 0 Å². The third-order valence-corrected chi connectivity index (χ3v) is 5.14. The van der Waals surface area contributed by atoms with Crippen LogP contribution in [0.15, 0.2) is 48.5 Å². The number of anilines is 1. The van der Waals surface area contributed by atoms with Gasteiger partial charge >= 0.3 is 6.03 Å². The van der Waals surface area contributed by atoms with Crippen molar-refractivity contribution >= 4 is 34.9 Å². The summed E-state index contributed by atoms with van der Waals surface area (Å²) in [5, 5.41) is 3.84. The molecule has 3 nitrogen and oxygen atoms in total. The van der Waals surface area contributed by atoms with E-state index in [0.717, 1.165) is 32.4 Å². The molecule has 2 aromatic carbocycles. The highest BCUT2D eigenvalue weighted by Gasteiger charge is 2.23. The second-order valence-corrected chi connectivity index (χ2v) is 6.92. The van der Waals surface area contributed by atoms with Crippen molar-refractivity contribution < 1.29 is 4.79 Å². The highest BCUT2D eigenvalue weighted by atomic mass is 35.5. The summed E-state index contributed by atoms with van der Waals surface area (Å²) >= 11 is 11.9. The van der Waals surface area contributed by atoms with Gasteiger partial charge in [0, 0.05) is 24.7 Å². The number of nitrogens with zero attached hydrogens (tertiary/aromatic N) is 1. The van der Waals surface area contributed by atoms with Crippen LogP contribution in [0.4, 0.5) is 10.5 Å². The summed E-state index contributed by atoms with van der Waals surface area (Å²) in [7, 11) is 0. The molecule has 1 N–H and O–H groups in total. The fourth-order valence-electron chi connectivity index (χ4n) is 3.10. The van der Waals surface area contributed by atoms with Crippen LogP contribution in [0.2, 0.25) is 10.0 Å². The van der Waals surface area contributed by atoms with E-state index < -0.39 is 0 Å². The Morgan fingerprint density at radius 2 is 1.83 bits per heavy atom. The molecule has 0 spiro atoms. The topological polar surface area (TPSA) is 32.3 Å². The summed E-state index contributed by atoms with van der Waals surface area (Å²) in [5.74, 6) is 0.383. The van der Waals surface area contributed by atoms with Crippen LogP contribution < -0.4 is 5.32 Å². The van der Waals surface area contributed by atoms with E-state index in [-0.39, 0.29) is 6.03 Å². The Kier molecular flexibility index (Phi) is 5.64. The number of hydrogen-bond donors (Lipinski definition) is 1. The highest BCUT2D eigenvalue weighted by molar-refractivity contribution is 6.42. The quantitative estimate of drug-likeness (QED) is 0.719. The van der Waals surface area contributed by atoms with Crippen molar-refractivity contribution in [3.05, 3.63) is 64.1 Å². The molecule has 2 aromatic rings. The van der Waals surface area contributed by atoms with E-state index in [1.165, 1.54) is 5.56 Å². The van der Waals surface area contributed by atoms with Crippen molar-refractivity contribution in [2.45, 2.75) is 25.2 Å². The van der Waals surface area contributed by atoms with Crippen molar-refractivity contribution in [1.82, 2.24) is 4.90 Å². The fourth-order valence-corrected chi connectivity index (χ4v) is 3.40. The van der Waals surface area contributed by atoms with Crippen molar-refractivity contribution in [3.8, 4) is 0 Å². The average molecular weight is 363 g/mol. The minimum atomic E-state index is -0.0868. The molecule has 1 atom stereocenters. The molecule has 5 heteroatoms. The zero-order valence-corrected chi connectivity index (χ0v) is 14.9. The van der Waals surface area contributed by atoms with Gasteiger partial charge in [-0.3, -0.25) is 0 Å². The van der Waals surface area contributed by atoms with Gasteiger partial charge in [0.1, 0.15) is 0 Å². The molecule has 2 amide bonds. The molecule has 1 unspecified atom stereocenters. The smallest absolute Gasteiger partial charge is 0.321 e. The van der Waals surface area contributed by atoms with Gasteiger partial charge < -0.3 is 10.2 Å². The number of likely N-dealkylation sites (tertiary alicyclic amines) is 1. The molecule has 1 aliphatic heterocycles. The largest absolute Gasteiger partial charge is 0.324 e. The molecule has 1 fully saturated rings. The first kappa shape index (κ1) is 17.1. The van der Waals surface area contributed by atoms with Gasteiger partial charge in [0.2, 0.25) is 0 Å². The Morgan fingerprint density at radius 3 is 2.58 bits per heavy atom. The molecule has 1 saturated heterocycles. The number of amides is 2. The Morgan fingerprint density at radius 1 is 1.04 bits per heavy atom. The first-order valence-electron chi connectivity index (χ1n) is 8.19. The van der Waals surface area contributed by atoms with E-state index in [4.69, 9.17) is 23.2 Å². The molecule has 1 heterocycles. The SMILES string of the molecule is O=C(Nc1ccc(Cl)c(Cl)c1)N1CCCCC(c2ccccc2)C1. The van der Waals surface area contributed by atoms with Crippen molar-refractivity contribution in [2.24, 2.45) is 0 Å². The molecule has 0 radical (unpaired) electrons. The molecule has 3 rings (SSSR count). The van der Waals surface area contributed by atoms with E-state index >= 15 is 0 Å². The minimum Gasteiger partial charge on any atom is -0.324 e. The monoisotopic (exact) mass is 362 g/mol. The lowest BCUT2D eigenvalue weighted by molar-refractivity contribution is 0.211. The molecule has 24 heavy (non-hydrogen) atoms. The Labute approximate surface area is 152 Å². The molecular formula is C19H20Cl2N2O. The maximum atomic E-state index is 12.6. The van der Waals surface area contributed by atoms with Crippen LogP contribution in [0.5, 0.6) is 0 Å². The first-order valence-corrected chi connectivity index (χ1v) is 8.95. The zero-order chi connectivity index (χ0) is 16.9. The molecule has 0 saturated carbocycles. The van der Waals surface area contributed by atoms with E-state index in [2.05, 4.69) is 29.6 Å². The van der Waals surface area contributed by atoms with Gasteiger partial charge in [0.25, 0.3) is 0 Å². The Hall–Kier alpha value is -1.71. The Balaban J connectivity index is 1.70. The lowest BCUT2D eigenvalue weighted by Crippen LogP contribution is -2.37. The van der Waals surface area contributed by atoms with Crippen LogP contribution in [0.25, 0.3) is 0 Å². The molecule has 1 aliphatic rings. The number of carbonyl (C=O) groups excluding carboxylic acids is 1. The van der Waals surface area contributed by atoms with Crippen LogP contribution in [-0.2, 0) is 0 Å². The number of benzene rings is 2. The van der Waals surface area contributed by atoms with Crippen LogP contribution in [0, 0.1) is 0 Å². The maximum absolute atomic E-state index is 12.6. The summed E-state index contributed by atoms with van der Waals surface area (Å²) in [4.78, 5) is 14.5. The average Bonchev–Trinajstić information content (AvgIpc) is 2.85. The number of carbonyl (C=O) groups is 1. The maximum Gasteiger partial charge on any atom is 0.321 e. The summed E-state index contributed by atoms with van der Waals surface area (Å²) in [6.45, 7) is 1.51. The van der Waals surface area contributed by atoms with Gasteiger partial charge in [-0.2, -0.15) is 0 Å². The second-order valence-electron chi connectivity index (χ2n) is 6.11. The van der Waals surface area contributed by atoms with Crippen LogP contribution in [0.1, 0.15) is 30.7 Å². The molecule has 0 aromatic heterocycles. The van der Waals surface area contributed by atoms with Crippen LogP contribution in [0.3, 0.4) is 0 Å². The van der Waals surface area contributed by atoms with Gasteiger partial charge in [0.05, 0.1) is 10.0 Å². The van der Waals surface area contributed by atoms with Gasteiger partial charge in [0.15, 0.2) is 0 Å². The number of rotatable bonds is 2. The van der Waals surface area contributed by atoms with Crippen LogP contribution >= 0.6 is 23.2 Å². The standard InChI is InChI=1S/C19H20Cl2N2O/c20-17-10-9-16(12-18(17)21)22-19(24)23-11-5-4-8-15(13-23)14-6-2-1-3-7-14/h1-3,6-7,9-10,12,15H,4-5,8,11,13H2,(H,22,24). The summed E-state index contributed by atoms with van der Waals surface area (Å²) in [6, 6.07) is 15.5. The van der Waals surface area contributed by atoms with E-state index in [0.29, 0.717) is 21.7 Å². The molecule has 0 bridgehead atoms. The summed E-state index contributed by atoms with van der Waals surface area (Å²) in [5.41, 5.74) is 1.96. The first-order chi connectivity index (χ1) is 11.6. The van der Waals surface area contributed by atoms with Crippen molar-refractivity contribution in [2.75, 3.05) is 18.4 Å². The van der Waals surface area contributed by atoms with Gasteiger partial charge in [-0.15, -0.1) is 0 Å². The second kappa shape index (κ2) is 7.91. The Bertz CT molecular complexity index is 706. The molecule has 126 valence electrons. The molecule has 0 aliphatic carbocycles. The fraction of sp³-hybridized carbons (Fsp3) is 0.316. The lowest BCUT2D eigenvalue weighted by atomic mass is 9.94. The highest BCUT2D eigenvalue weighted by Crippen LogP contribution is 2.28. The van der Waals surface area contributed by atoms with Gasteiger partial charge in [-0.05, 0) is 36.6 Å². The molecular weight excluding hydrogens is 343 g/mol. The number of hydrogen-bond acceptors (Lipinski definition) is 1. The van der Waals surface area contributed by atoms with E-state index in [1.807, 2.05) is 11.0 Å². The normalized spacial score (nSPS) is 18.1. The van der Waals surface area contributed by atoms with Gasteiger partial charge in [-0.25, -0.2) is 4.79 Å². The third kappa shape index (κ3) is 4.22. The summed E-state index contributed by atoms with van der Waals surface area (Å²) < 4.78 is 0. The van der Waals surface area contributed by atoms with Gasteiger partial charge in [-0.1, -0.05) is 60.0 Å². The number of nitrogens with one attached hydrogen (secondary N) is 1. The zero-order valence-electron chi connectivity index (χ0n) is 13.3. The minimum absolute atomic E-state index is 0.0868. The number of halogens is 2. The van der Waals surface area contributed by atoms with Crippen molar-refractivity contribution in [1.29, 1.82) is 0 Å². The van der Waals surface area contributed by atoms with Crippen LogP contribution in [-0.4, -0.2) is 24.0 Å². The predicted octanol–water partition coefficient (Wildman–Crippen LogP) is 5.80. The number of urea groups is 1. The third-order valence-electron chi connectivity index (χ3n) is 4.40.